The Balaban J connectivity index is 3.37. The van der Waals surface area contributed by atoms with Crippen LogP contribution in [0.15, 0.2) is 29.2 Å². The van der Waals surface area contributed by atoms with Gasteiger partial charge in [0.1, 0.15) is 7.85 Å². The van der Waals surface area contributed by atoms with Gasteiger partial charge in [-0.05, 0) is 6.07 Å². The van der Waals surface area contributed by atoms with Crippen molar-refractivity contribution >= 4 is 23.4 Å². The van der Waals surface area contributed by atoms with Gasteiger partial charge in [0.15, 0.2) is 0 Å². The van der Waals surface area contributed by atoms with Crippen LogP contribution >= 0.6 is 0 Å². The topological polar surface area (TPSA) is 54.4 Å². The molecule has 0 heterocycles. The third-order valence-corrected chi connectivity index (χ3v) is 2.39. The largest absolute Gasteiger partial charge is 0.293 e. The molecule has 0 saturated carbocycles. The predicted octanol–water partition coefficient (Wildman–Crippen LogP) is -0.808. The minimum atomic E-state index is -4.03. The molecule has 11 heavy (non-hydrogen) atoms. The maximum Gasteiger partial charge on any atom is 0.293 e. The van der Waals surface area contributed by atoms with Gasteiger partial charge in [-0.25, -0.2) is 0 Å². The van der Waals surface area contributed by atoms with E-state index < -0.39 is 10.1 Å². The Bertz CT molecular complexity index is 358. The van der Waals surface area contributed by atoms with Gasteiger partial charge < -0.3 is 0 Å². The van der Waals surface area contributed by atoms with Gasteiger partial charge in [0.05, 0.1) is 4.90 Å². The van der Waals surface area contributed by atoms with Crippen LogP contribution in [0.1, 0.15) is 0 Å². The van der Waals surface area contributed by atoms with Gasteiger partial charge in [0, 0.05) is 0 Å². The summed E-state index contributed by atoms with van der Waals surface area (Å²) in [4.78, 5) is -0.0278. The van der Waals surface area contributed by atoms with E-state index in [-0.39, 0.29) is 4.90 Å². The molecule has 0 saturated heterocycles. The van der Waals surface area contributed by atoms with Crippen molar-refractivity contribution in [1.82, 2.24) is 0 Å². The first-order chi connectivity index (χ1) is 5.02. The summed E-state index contributed by atoms with van der Waals surface area (Å²) in [5, 5.41) is 0. The molecule has 0 radical (unpaired) electrons. The van der Waals surface area contributed by atoms with Crippen molar-refractivity contribution in [1.29, 1.82) is 0 Å². The SMILES string of the molecule is Bc1ccccc1S(=O)(=O)O. The second-order valence-electron chi connectivity index (χ2n) is 2.24. The highest BCUT2D eigenvalue weighted by molar-refractivity contribution is 7.86. The number of rotatable bonds is 1. The summed E-state index contributed by atoms with van der Waals surface area (Å²) in [5.41, 5.74) is 0.551. The van der Waals surface area contributed by atoms with Crippen LogP contribution in [0.4, 0.5) is 0 Å². The highest BCUT2D eigenvalue weighted by Crippen LogP contribution is 2.02. The Morgan fingerprint density at radius 1 is 1.27 bits per heavy atom. The monoisotopic (exact) mass is 170 g/mol. The minimum absolute atomic E-state index is 0.0278. The van der Waals surface area contributed by atoms with Crippen molar-refractivity contribution in [2.75, 3.05) is 0 Å². The quantitative estimate of drug-likeness (QED) is 0.443. The molecule has 3 nitrogen and oxygen atoms in total. The molecule has 0 aliphatic carbocycles. The summed E-state index contributed by atoms with van der Waals surface area (Å²) in [5.74, 6) is 0. The predicted molar refractivity (Wildman–Crippen MR) is 44.4 cm³/mol. The van der Waals surface area contributed by atoms with Gasteiger partial charge in [0.2, 0.25) is 0 Å². The molecule has 0 spiro atoms. The third-order valence-electron chi connectivity index (χ3n) is 1.37. The Hall–Kier alpha value is -0.805. The molecule has 1 aromatic rings. The van der Waals surface area contributed by atoms with Crippen molar-refractivity contribution in [2.45, 2.75) is 4.90 Å². The lowest BCUT2D eigenvalue weighted by Gasteiger charge is -1.99. The first-order valence-corrected chi connectivity index (χ1v) is 4.49. The average Bonchev–Trinajstić information content (AvgIpc) is 1.86. The van der Waals surface area contributed by atoms with Crippen LogP contribution in [-0.2, 0) is 10.1 Å². The molecule has 1 aromatic carbocycles. The maximum atomic E-state index is 10.6. The van der Waals surface area contributed by atoms with Gasteiger partial charge in [-0.1, -0.05) is 23.7 Å². The molecule has 0 unspecified atom stereocenters. The van der Waals surface area contributed by atoms with Gasteiger partial charge in [0.25, 0.3) is 10.1 Å². The van der Waals surface area contributed by atoms with Crippen molar-refractivity contribution in [3.05, 3.63) is 24.3 Å². The molecule has 0 aliphatic rings. The molecule has 0 atom stereocenters. The van der Waals surface area contributed by atoms with E-state index in [1.165, 1.54) is 6.07 Å². The van der Waals surface area contributed by atoms with Gasteiger partial charge in [-0.2, -0.15) is 8.42 Å². The van der Waals surface area contributed by atoms with E-state index in [0.717, 1.165) is 0 Å². The van der Waals surface area contributed by atoms with Gasteiger partial charge in [-0.15, -0.1) is 0 Å². The minimum Gasteiger partial charge on any atom is -0.282 e. The fourth-order valence-corrected chi connectivity index (χ4v) is 1.57. The summed E-state index contributed by atoms with van der Waals surface area (Å²) in [7, 11) is -2.41. The van der Waals surface area contributed by atoms with E-state index in [0.29, 0.717) is 5.46 Å². The molecular weight excluding hydrogens is 163 g/mol. The Morgan fingerprint density at radius 2 is 1.82 bits per heavy atom. The fraction of sp³-hybridized carbons (Fsp3) is 0. The Kier molecular flexibility index (Phi) is 2.02. The third kappa shape index (κ3) is 1.81. The van der Waals surface area contributed by atoms with E-state index in [1.807, 2.05) is 0 Å². The molecule has 0 amide bonds. The highest BCUT2D eigenvalue weighted by atomic mass is 32.2. The zero-order valence-corrected chi connectivity index (χ0v) is 6.80. The smallest absolute Gasteiger partial charge is 0.282 e. The number of hydrogen-bond acceptors (Lipinski definition) is 2. The molecule has 0 aromatic heterocycles. The Labute approximate surface area is 66.2 Å². The average molecular weight is 170 g/mol. The van der Waals surface area contributed by atoms with Crippen LogP contribution < -0.4 is 5.46 Å². The van der Waals surface area contributed by atoms with Gasteiger partial charge in [-0.3, -0.25) is 4.55 Å². The standard InChI is InChI=1S/C6H7BO3S/c7-5-3-1-2-4-6(5)11(8,9)10/h1-4H,7H2,(H,8,9,10). The first kappa shape index (κ1) is 8.29. The number of benzene rings is 1. The summed E-state index contributed by atoms with van der Waals surface area (Å²) >= 11 is 0. The number of hydrogen-bond donors (Lipinski definition) is 1. The van der Waals surface area contributed by atoms with E-state index in [9.17, 15) is 8.42 Å². The normalized spacial score (nSPS) is 11.4. The highest BCUT2D eigenvalue weighted by Gasteiger charge is 2.10. The molecule has 0 fully saturated rings. The fourth-order valence-electron chi connectivity index (χ4n) is 0.846. The van der Waals surface area contributed by atoms with E-state index in [2.05, 4.69) is 0 Å². The van der Waals surface area contributed by atoms with E-state index >= 15 is 0 Å². The van der Waals surface area contributed by atoms with Gasteiger partial charge >= 0.3 is 0 Å². The lowest BCUT2D eigenvalue weighted by molar-refractivity contribution is 0.484. The van der Waals surface area contributed by atoms with Crippen LogP contribution in [0.3, 0.4) is 0 Å². The molecule has 0 aliphatic heterocycles. The van der Waals surface area contributed by atoms with Crippen molar-refractivity contribution in [3.63, 3.8) is 0 Å². The molecular formula is C6H7BO3S. The van der Waals surface area contributed by atoms with Crippen molar-refractivity contribution in [3.8, 4) is 0 Å². The summed E-state index contributed by atoms with van der Waals surface area (Å²) in [6.45, 7) is 0. The van der Waals surface area contributed by atoms with Crippen LogP contribution in [0.25, 0.3) is 0 Å². The van der Waals surface area contributed by atoms with Crippen molar-refractivity contribution < 1.29 is 13.0 Å². The van der Waals surface area contributed by atoms with Crippen LogP contribution in [0.5, 0.6) is 0 Å². The summed E-state index contributed by atoms with van der Waals surface area (Å²) in [6.07, 6.45) is 0. The maximum absolute atomic E-state index is 10.6. The second-order valence-corrected chi connectivity index (χ2v) is 3.63. The molecule has 58 valence electrons. The van der Waals surface area contributed by atoms with Crippen LogP contribution in [0, 0.1) is 0 Å². The van der Waals surface area contributed by atoms with Crippen LogP contribution in [-0.4, -0.2) is 20.8 Å². The molecule has 1 N–H and O–H groups in total. The second kappa shape index (κ2) is 2.67. The molecule has 1 rings (SSSR count). The van der Waals surface area contributed by atoms with E-state index in [4.69, 9.17) is 4.55 Å². The zero-order valence-electron chi connectivity index (χ0n) is 5.98. The zero-order chi connectivity index (χ0) is 8.48. The molecule has 5 heteroatoms. The van der Waals surface area contributed by atoms with Crippen LogP contribution in [0.2, 0.25) is 0 Å². The van der Waals surface area contributed by atoms with E-state index in [1.54, 1.807) is 26.0 Å². The Morgan fingerprint density at radius 3 is 2.18 bits per heavy atom. The lowest BCUT2D eigenvalue weighted by atomic mass is 9.97. The first-order valence-electron chi connectivity index (χ1n) is 3.05. The molecule has 0 bridgehead atoms. The van der Waals surface area contributed by atoms with Crippen molar-refractivity contribution in [2.24, 2.45) is 0 Å². The summed E-state index contributed by atoms with van der Waals surface area (Å²) < 4.78 is 29.9. The lowest BCUT2D eigenvalue weighted by Crippen LogP contribution is -2.14. The summed E-state index contributed by atoms with van der Waals surface area (Å²) in [6, 6.07) is 6.27.